The van der Waals surface area contributed by atoms with Gasteiger partial charge in [-0.25, -0.2) is 0 Å². The molecule has 0 spiro atoms. The molecule has 29 heavy (non-hydrogen) atoms. The summed E-state index contributed by atoms with van der Waals surface area (Å²) in [6.07, 6.45) is 2.18. The van der Waals surface area contributed by atoms with Gasteiger partial charge >= 0.3 is 0 Å². The van der Waals surface area contributed by atoms with Gasteiger partial charge in [0, 0.05) is 12.6 Å². The molecule has 3 rings (SSSR count). The van der Waals surface area contributed by atoms with Crippen LogP contribution in [0.25, 0.3) is 0 Å². The average Bonchev–Trinajstić information content (AvgIpc) is 2.76. The Hall–Kier alpha value is -2.30. The molecular weight excluding hydrogens is 426 g/mol. The molecular formula is C25H28BrNO2. The average molecular weight is 454 g/mol. The van der Waals surface area contributed by atoms with E-state index in [9.17, 15) is 0 Å². The predicted molar refractivity (Wildman–Crippen MR) is 123 cm³/mol. The van der Waals surface area contributed by atoms with Crippen LogP contribution in [0.2, 0.25) is 0 Å². The molecule has 0 fully saturated rings. The summed E-state index contributed by atoms with van der Waals surface area (Å²) in [6.45, 7) is 3.51. The van der Waals surface area contributed by atoms with E-state index in [-0.39, 0.29) is 0 Å². The maximum Gasteiger partial charge on any atom is 0.175 e. The summed E-state index contributed by atoms with van der Waals surface area (Å²) in [5.74, 6) is 1.47. The molecule has 0 bridgehead atoms. The highest BCUT2D eigenvalue weighted by molar-refractivity contribution is 9.10. The Morgan fingerprint density at radius 2 is 1.55 bits per heavy atom. The Balaban J connectivity index is 1.56. The van der Waals surface area contributed by atoms with E-state index in [4.69, 9.17) is 9.47 Å². The second-order valence-electron chi connectivity index (χ2n) is 7.19. The summed E-state index contributed by atoms with van der Waals surface area (Å²) in [6, 6.07) is 25.3. The minimum atomic E-state index is 0.425. The summed E-state index contributed by atoms with van der Waals surface area (Å²) < 4.78 is 12.5. The Kier molecular flexibility index (Phi) is 8.14. The summed E-state index contributed by atoms with van der Waals surface area (Å²) in [7, 11) is 1.68. The first-order valence-corrected chi connectivity index (χ1v) is 10.8. The van der Waals surface area contributed by atoms with Gasteiger partial charge in [-0.15, -0.1) is 0 Å². The predicted octanol–water partition coefficient (Wildman–Crippen LogP) is 6.15. The smallest absolute Gasteiger partial charge is 0.175 e. The van der Waals surface area contributed by atoms with E-state index in [1.807, 2.05) is 24.3 Å². The standard InChI is InChI=1S/C25H28BrNO2/c1-19(13-14-20-9-5-3-6-10-20)27-17-22-15-23(26)25(24(16-22)28-2)29-18-21-11-7-4-8-12-21/h3-12,15-16,19,27H,13-14,17-18H2,1-2H3/t19-/m0/s1. The van der Waals surface area contributed by atoms with Crippen molar-refractivity contribution in [3.63, 3.8) is 0 Å². The Morgan fingerprint density at radius 3 is 2.21 bits per heavy atom. The van der Waals surface area contributed by atoms with Gasteiger partial charge in [-0.2, -0.15) is 0 Å². The van der Waals surface area contributed by atoms with Gasteiger partial charge in [-0.3, -0.25) is 0 Å². The molecule has 3 aromatic carbocycles. The molecule has 0 heterocycles. The highest BCUT2D eigenvalue weighted by Gasteiger charge is 2.13. The fourth-order valence-electron chi connectivity index (χ4n) is 3.17. The first-order valence-electron chi connectivity index (χ1n) is 9.96. The first kappa shape index (κ1) is 21.4. The van der Waals surface area contributed by atoms with Crippen molar-refractivity contribution in [2.24, 2.45) is 0 Å². The second kappa shape index (κ2) is 11.0. The van der Waals surface area contributed by atoms with Crippen molar-refractivity contribution in [2.75, 3.05) is 7.11 Å². The van der Waals surface area contributed by atoms with Gasteiger partial charge in [0.25, 0.3) is 0 Å². The minimum Gasteiger partial charge on any atom is -0.493 e. The first-order chi connectivity index (χ1) is 14.2. The lowest BCUT2D eigenvalue weighted by molar-refractivity contribution is 0.282. The van der Waals surface area contributed by atoms with Crippen molar-refractivity contribution >= 4 is 15.9 Å². The SMILES string of the molecule is COc1cc(CN[C@@H](C)CCc2ccccc2)cc(Br)c1OCc1ccccc1. The van der Waals surface area contributed by atoms with E-state index in [0.717, 1.165) is 46.5 Å². The normalized spacial score (nSPS) is 11.8. The van der Waals surface area contributed by atoms with Crippen molar-refractivity contribution in [2.45, 2.75) is 39.0 Å². The number of methoxy groups -OCH3 is 1. The van der Waals surface area contributed by atoms with Crippen molar-refractivity contribution in [1.82, 2.24) is 5.32 Å². The molecule has 0 aliphatic rings. The molecule has 0 aromatic heterocycles. The highest BCUT2D eigenvalue weighted by Crippen LogP contribution is 2.37. The van der Waals surface area contributed by atoms with Gasteiger partial charge in [-0.05, 0) is 64.5 Å². The molecule has 152 valence electrons. The zero-order valence-corrected chi connectivity index (χ0v) is 18.6. The lowest BCUT2D eigenvalue weighted by Crippen LogP contribution is -2.26. The number of aryl methyl sites for hydroxylation is 1. The second-order valence-corrected chi connectivity index (χ2v) is 8.04. The number of hydrogen-bond acceptors (Lipinski definition) is 3. The van der Waals surface area contributed by atoms with Crippen LogP contribution >= 0.6 is 15.9 Å². The van der Waals surface area contributed by atoms with Crippen LogP contribution in [0.3, 0.4) is 0 Å². The van der Waals surface area contributed by atoms with E-state index in [0.29, 0.717) is 12.6 Å². The van der Waals surface area contributed by atoms with Gasteiger partial charge in [0.15, 0.2) is 11.5 Å². The molecule has 0 aliphatic heterocycles. The van der Waals surface area contributed by atoms with Crippen LogP contribution in [-0.4, -0.2) is 13.2 Å². The molecule has 3 aromatic rings. The number of ether oxygens (including phenoxy) is 2. The van der Waals surface area contributed by atoms with Crippen LogP contribution in [0.5, 0.6) is 11.5 Å². The zero-order chi connectivity index (χ0) is 20.5. The molecule has 1 atom stereocenters. The summed E-state index contributed by atoms with van der Waals surface area (Å²) in [5.41, 5.74) is 3.66. The van der Waals surface area contributed by atoms with Gasteiger partial charge in [0.2, 0.25) is 0 Å². The van der Waals surface area contributed by atoms with E-state index >= 15 is 0 Å². The number of nitrogens with one attached hydrogen (secondary N) is 1. The fourth-order valence-corrected chi connectivity index (χ4v) is 3.77. The summed E-state index contributed by atoms with van der Waals surface area (Å²) in [4.78, 5) is 0. The molecule has 0 amide bonds. The molecule has 0 saturated carbocycles. The van der Waals surface area contributed by atoms with E-state index in [1.54, 1.807) is 7.11 Å². The van der Waals surface area contributed by atoms with E-state index in [1.165, 1.54) is 5.56 Å². The van der Waals surface area contributed by atoms with Gasteiger partial charge in [-0.1, -0.05) is 60.7 Å². The van der Waals surface area contributed by atoms with E-state index < -0.39 is 0 Å². The van der Waals surface area contributed by atoms with Gasteiger partial charge in [0.1, 0.15) is 6.61 Å². The highest BCUT2D eigenvalue weighted by atomic mass is 79.9. The monoisotopic (exact) mass is 453 g/mol. The molecule has 4 heteroatoms. The maximum atomic E-state index is 6.02. The largest absolute Gasteiger partial charge is 0.493 e. The summed E-state index contributed by atoms with van der Waals surface area (Å²) >= 11 is 3.65. The van der Waals surface area contributed by atoms with Crippen molar-refractivity contribution < 1.29 is 9.47 Å². The van der Waals surface area contributed by atoms with Gasteiger partial charge in [0.05, 0.1) is 11.6 Å². The van der Waals surface area contributed by atoms with Gasteiger partial charge < -0.3 is 14.8 Å². The Bertz CT molecular complexity index is 884. The maximum absolute atomic E-state index is 6.02. The van der Waals surface area contributed by atoms with Crippen LogP contribution in [-0.2, 0) is 19.6 Å². The minimum absolute atomic E-state index is 0.425. The van der Waals surface area contributed by atoms with E-state index in [2.05, 4.69) is 76.7 Å². The molecule has 3 nitrogen and oxygen atoms in total. The van der Waals surface area contributed by atoms with Crippen LogP contribution < -0.4 is 14.8 Å². The van der Waals surface area contributed by atoms with Crippen molar-refractivity contribution in [3.8, 4) is 11.5 Å². The van der Waals surface area contributed by atoms with Crippen LogP contribution in [0.1, 0.15) is 30.0 Å². The molecule has 0 saturated heterocycles. The Labute approximate surface area is 182 Å². The Morgan fingerprint density at radius 1 is 0.897 bits per heavy atom. The third-order valence-electron chi connectivity index (χ3n) is 4.88. The lowest BCUT2D eigenvalue weighted by atomic mass is 10.1. The van der Waals surface area contributed by atoms with Crippen LogP contribution in [0.15, 0.2) is 77.3 Å². The molecule has 1 N–H and O–H groups in total. The number of halogens is 1. The van der Waals surface area contributed by atoms with Crippen molar-refractivity contribution in [1.29, 1.82) is 0 Å². The molecule has 0 radical (unpaired) electrons. The number of benzene rings is 3. The fraction of sp³-hybridized carbons (Fsp3) is 0.280. The quantitative estimate of drug-likeness (QED) is 0.399. The lowest BCUT2D eigenvalue weighted by Gasteiger charge is -2.17. The molecule has 0 aliphatic carbocycles. The molecule has 0 unspecified atom stereocenters. The third kappa shape index (κ3) is 6.62. The van der Waals surface area contributed by atoms with Crippen LogP contribution in [0.4, 0.5) is 0 Å². The third-order valence-corrected chi connectivity index (χ3v) is 5.47. The summed E-state index contributed by atoms with van der Waals surface area (Å²) in [5, 5.41) is 3.61. The topological polar surface area (TPSA) is 30.5 Å². The zero-order valence-electron chi connectivity index (χ0n) is 17.0. The van der Waals surface area contributed by atoms with Crippen molar-refractivity contribution in [3.05, 3.63) is 94.0 Å². The number of rotatable bonds is 10. The van der Waals surface area contributed by atoms with Crippen LogP contribution in [0, 0.1) is 0 Å². The number of hydrogen-bond donors (Lipinski definition) is 1.